The predicted octanol–water partition coefficient (Wildman–Crippen LogP) is 3.42. The molecule has 0 heterocycles. The van der Waals surface area contributed by atoms with Gasteiger partial charge in [-0.25, -0.2) is 4.39 Å². The second kappa shape index (κ2) is 6.02. The van der Waals surface area contributed by atoms with Gasteiger partial charge in [0.25, 0.3) is 0 Å². The Balaban J connectivity index is 1.97. The molecule has 19 heavy (non-hydrogen) atoms. The molecule has 0 aromatic heterocycles. The Labute approximate surface area is 115 Å². The van der Waals surface area contributed by atoms with Crippen molar-refractivity contribution in [3.63, 3.8) is 0 Å². The van der Waals surface area contributed by atoms with Gasteiger partial charge < -0.3 is 0 Å². The normalized spacial score (nSPS) is 21.3. The molecule has 0 aliphatic heterocycles. The van der Waals surface area contributed by atoms with Crippen LogP contribution in [0, 0.1) is 17.2 Å². The molecule has 1 aromatic carbocycles. The summed E-state index contributed by atoms with van der Waals surface area (Å²) in [6.45, 7) is 4.67. The zero-order valence-electron chi connectivity index (χ0n) is 12.0. The van der Waals surface area contributed by atoms with Crippen LogP contribution in [0.2, 0.25) is 0 Å². The van der Waals surface area contributed by atoms with Gasteiger partial charge in [-0.3, -0.25) is 11.3 Å². The molecule has 1 aliphatic carbocycles. The number of nitrogens with one attached hydrogen (secondary N) is 1. The first-order valence-electron chi connectivity index (χ1n) is 7.21. The molecule has 0 saturated heterocycles. The van der Waals surface area contributed by atoms with Crippen LogP contribution in [-0.4, -0.2) is 6.04 Å². The number of nitrogens with two attached hydrogens (primary N) is 1. The average molecular weight is 264 g/mol. The quantitative estimate of drug-likeness (QED) is 0.646. The molecule has 2 nitrogen and oxygen atoms in total. The summed E-state index contributed by atoms with van der Waals surface area (Å²) < 4.78 is 13.2. The van der Waals surface area contributed by atoms with Crippen LogP contribution in [0.3, 0.4) is 0 Å². The van der Waals surface area contributed by atoms with Crippen LogP contribution in [0.5, 0.6) is 0 Å². The first kappa shape index (κ1) is 14.5. The van der Waals surface area contributed by atoms with E-state index in [0.29, 0.717) is 11.3 Å². The summed E-state index contributed by atoms with van der Waals surface area (Å²) in [4.78, 5) is 0. The van der Waals surface area contributed by atoms with E-state index in [1.807, 2.05) is 6.07 Å². The molecule has 3 N–H and O–H groups in total. The molecular weight excluding hydrogens is 239 g/mol. The lowest BCUT2D eigenvalue weighted by molar-refractivity contribution is 0.161. The van der Waals surface area contributed by atoms with Crippen molar-refractivity contribution >= 4 is 0 Å². The van der Waals surface area contributed by atoms with Gasteiger partial charge in [-0.05, 0) is 61.1 Å². The van der Waals surface area contributed by atoms with E-state index in [9.17, 15) is 4.39 Å². The summed E-state index contributed by atoms with van der Waals surface area (Å²) in [5, 5.41) is 0. The van der Waals surface area contributed by atoms with Crippen molar-refractivity contribution in [2.75, 3.05) is 0 Å². The largest absolute Gasteiger partial charge is 0.271 e. The van der Waals surface area contributed by atoms with Crippen LogP contribution in [0.4, 0.5) is 4.39 Å². The Morgan fingerprint density at radius 1 is 1.37 bits per heavy atom. The summed E-state index contributed by atoms with van der Waals surface area (Å²) >= 11 is 0. The van der Waals surface area contributed by atoms with Crippen LogP contribution in [-0.2, 0) is 6.42 Å². The molecule has 1 fully saturated rings. The zero-order valence-corrected chi connectivity index (χ0v) is 12.0. The van der Waals surface area contributed by atoms with Gasteiger partial charge in [0.1, 0.15) is 5.82 Å². The zero-order chi connectivity index (χ0) is 13.9. The molecule has 106 valence electrons. The van der Waals surface area contributed by atoms with Gasteiger partial charge in [0.2, 0.25) is 0 Å². The molecule has 0 radical (unpaired) electrons. The molecule has 1 atom stereocenters. The van der Waals surface area contributed by atoms with Crippen LogP contribution >= 0.6 is 0 Å². The minimum absolute atomic E-state index is 0.168. The minimum atomic E-state index is -0.168. The third-order valence-electron chi connectivity index (χ3n) is 4.51. The number of rotatable bonds is 4. The third kappa shape index (κ3) is 4.02. The van der Waals surface area contributed by atoms with E-state index in [2.05, 4.69) is 19.3 Å². The van der Waals surface area contributed by atoms with Gasteiger partial charge >= 0.3 is 0 Å². The Morgan fingerprint density at radius 3 is 2.63 bits per heavy atom. The van der Waals surface area contributed by atoms with Gasteiger partial charge in [-0.15, -0.1) is 0 Å². The Kier molecular flexibility index (Phi) is 4.58. The van der Waals surface area contributed by atoms with Gasteiger partial charge in [-0.2, -0.15) is 0 Å². The summed E-state index contributed by atoms with van der Waals surface area (Å²) in [5.74, 6) is 6.14. The van der Waals surface area contributed by atoms with E-state index in [1.165, 1.54) is 31.7 Å². The van der Waals surface area contributed by atoms with Gasteiger partial charge in [0, 0.05) is 6.04 Å². The van der Waals surface area contributed by atoms with Crippen molar-refractivity contribution in [1.82, 2.24) is 5.43 Å². The average Bonchev–Trinajstić information content (AvgIpc) is 2.36. The molecule has 1 saturated carbocycles. The van der Waals surface area contributed by atoms with E-state index >= 15 is 0 Å². The molecule has 0 amide bonds. The topological polar surface area (TPSA) is 38.0 Å². The van der Waals surface area contributed by atoms with Gasteiger partial charge in [0.05, 0.1) is 0 Å². The van der Waals surface area contributed by atoms with Crippen molar-refractivity contribution in [1.29, 1.82) is 0 Å². The fourth-order valence-electron chi connectivity index (χ4n) is 3.10. The van der Waals surface area contributed by atoms with Gasteiger partial charge in [0.15, 0.2) is 0 Å². The first-order chi connectivity index (χ1) is 9.00. The number of hydrazine groups is 1. The molecule has 3 heteroatoms. The summed E-state index contributed by atoms with van der Waals surface area (Å²) in [5.41, 5.74) is 4.43. The van der Waals surface area contributed by atoms with Crippen LogP contribution in [0.1, 0.15) is 45.1 Å². The predicted molar refractivity (Wildman–Crippen MR) is 77.0 cm³/mol. The Bertz CT molecular complexity index is 407. The van der Waals surface area contributed by atoms with Gasteiger partial charge in [-0.1, -0.05) is 26.0 Å². The molecule has 0 bridgehead atoms. The standard InChI is InChI=1S/C16H25FN2/c1-16(2)8-6-13(7-9-16)15(19-18)11-12-4-3-5-14(17)10-12/h3-5,10,13,15,19H,6-9,11,18H2,1-2H3. The Hall–Kier alpha value is -0.930. The highest BCUT2D eigenvalue weighted by Gasteiger charge is 2.30. The second-order valence-corrected chi connectivity index (χ2v) is 6.61. The van der Waals surface area contributed by atoms with Crippen molar-refractivity contribution in [3.05, 3.63) is 35.6 Å². The molecule has 1 unspecified atom stereocenters. The van der Waals surface area contributed by atoms with Crippen LogP contribution in [0.15, 0.2) is 24.3 Å². The fraction of sp³-hybridized carbons (Fsp3) is 0.625. The number of hydrogen-bond donors (Lipinski definition) is 2. The highest BCUT2D eigenvalue weighted by Crippen LogP contribution is 2.39. The number of benzene rings is 1. The molecule has 2 rings (SSSR count). The van der Waals surface area contributed by atoms with Crippen molar-refractivity contribution in [2.45, 2.75) is 52.0 Å². The second-order valence-electron chi connectivity index (χ2n) is 6.61. The maximum atomic E-state index is 13.2. The van der Waals surface area contributed by atoms with Crippen molar-refractivity contribution in [2.24, 2.45) is 17.2 Å². The fourth-order valence-corrected chi connectivity index (χ4v) is 3.10. The molecule has 0 spiro atoms. The van der Waals surface area contributed by atoms with Crippen molar-refractivity contribution < 1.29 is 4.39 Å². The summed E-state index contributed by atoms with van der Waals surface area (Å²) in [7, 11) is 0. The molecular formula is C16H25FN2. The number of hydrogen-bond acceptors (Lipinski definition) is 2. The van der Waals surface area contributed by atoms with Crippen LogP contribution in [0.25, 0.3) is 0 Å². The minimum Gasteiger partial charge on any atom is -0.271 e. The monoisotopic (exact) mass is 264 g/mol. The smallest absolute Gasteiger partial charge is 0.123 e. The maximum Gasteiger partial charge on any atom is 0.123 e. The third-order valence-corrected chi connectivity index (χ3v) is 4.51. The first-order valence-corrected chi connectivity index (χ1v) is 7.21. The van der Waals surface area contributed by atoms with E-state index in [-0.39, 0.29) is 11.9 Å². The van der Waals surface area contributed by atoms with Crippen LogP contribution < -0.4 is 11.3 Å². The lowest BCUT2D eigenvalue weighted by Gasteiger charge is -2.37. The summed E-state index contributed by atoms with van der Waals surface area (Å²) in [6.07, 6.45) is 5.71. The lowest BCUT2D eigenvalue weighted by Crippen LogP contribution is -2.44. The molecule has 1 aliphatic rings. The number of halogens is 1. The Morgan fingerprint density at radius 2 is 2.05 bits per heavy atom. The highest BCUT2D eigenvalue weighted by molar-refractivity contribution is 5.17. The van der Waals surface area contributed by atoms with E-state index in [4.69, 9.17) is 5.84 Å². The SMILES string of the molecule is CC1(C)CCC(C(Cc2cccc(F)c2)NN)CC1. The summed E-state index contributed by atoms with van der Waals surface area (Å²) in [6, 6.07) is 7.08. The van der Waals surface area contributed by atoms with Crippen molar-refractivity contribution in [3.8, 4) is 0 Å². The van der Waals surface area contributed by atoms with E-state index in [0.717, 1.165) is 12.0 Å². The molecule has 1 aromatic rings. The maximum absolute atomic E-state index is 13.2. The lowest BCUT2D eigenvalue weighted by atomic mass is 9.70. The van der Waals surface area contributed by atoms with E-state index < -0.39 is 0 Å². The highest BCUT2D eigenvalue weighted by atomic mass is 19.1. The van der Waals surface area contributed by atoms with E-state index in [1.54, 1.807) is 12.1 Å².